The van der Waals surface area contributed by atoms with Gasteiger partial charge in [-0.2, -0.15) is 5.10 Å². The Bertz CT molecular complexity index is 851. The van der Waals surface area contributed by atoms with E-state index in [1.807, 2.05) is 11.6 Å². The van der Waals surface area contributed by atoms with Gasteiger partial charge in [-0.05, 0) is 70.2 Å². The second kappa shape index (κ2) is 8.99. The maximum atomic E-state index is 4.87. The topological polar surface area (TPSA) is 57.5 Å². The van der Waals surface area contributed by atoms with Crippen molar-refractivity contribution in [1.82, 2.24) is 25.3 Å². The van der Waals surface area contributed by atoms with Crippen LogP contribution in [0.25, 0.3) is 5.69 Å². The highest BCUT2D eigenvalue weighted by Gasteiger charge is 2.34. The van der Waals surface area contributed by atoms with Gasteiger partial charge in [0.2, 0.25) is 0 Å². The molecule has 1 saturated carbocycles. The zero-order valence-corrected chi connectivity index (χ0v) is 18.0. The number of hydrogen-bond acceptors (Lipinski definition) is 3. The van der Waals surface area contributed by atoms with Gasteiger partial charge in [0, 0.05) is 31.4 Å². The molecule has 156 valence electrons. The summed E-state index contributed by atoms with van der Waals surface area (Å²) in [5, 5.41) is 11.6. The summed E-state index contributed by atoms with van der Waals surface area (Å²) in [6, 6.07) is 11.4. The molecule has 1 atom stereocenters. The largest absolute Gasteiger partial charge is 0.357 e. The molecule has 2 heterocycles. The third-order valence-electron chi connectivity index (χ3n) is 5.92. The third kappa shape index (κ3) is 4.99. The fourth-order valence-corrected chi connectivity index (χ4v) is 4.27. The van der Waals surface area contributed by atoms with Gasteiger partial charge in [-0.1, -0.05) is 18.2 Å². The lowest BCUT2D eigenvalue weighted by Crippen LogP contribution is -2.40. The van der Waals surface area contributed by atoms with Crippen LogP contribution in [0.5, 0.6) is 0 Å². The van der Waals surface area contributed by atoms with E-state index in [9.17, 15) is 0 Å². The van der Waals surface area contributed by atoms with E-state index in [1.54, 1.807) is 0 Å². The summed E-state index contributed by atoms with van der Waals surface area (Å²) < 4.78 is 2.02. The fraction of sp³-hybridized carbons (Fsp3) is 0.565. The Hall–Kier alpha value is -2.34. The Balaban J connectivity index is 1.41. The summed E-state index contributed by atoms with van der Waals surface area (Å²) in [5.74, 6) is 1.63. The van der Waals surface area contributed by atoms with Crippen LogP contribution in [0.3, 0.4) is 0 Å². The summed E-state index contributed by atoms with van der Waals surface area (Å²) in [4.78, 5) is 7.54. The number of aryl methyl sites for hydroxylation is 2. The van der Waals surface area contributed by atoms with Gasteiger partial charge in [0.25, 0.3) is 0 Å². The molecule has 29 heavy (non-hydrogen) atoms. The highest BCUT2D eigenvalue weighted by molar-refractivity contribution is 5.79. The Morgan fingerprint density at radius 2 is 2.00 bits per heavy atom. The molecule has 4 rings (SSSR count). The summed E-state index contributed by atoms with van der Waals surface area (Å²) >= 11 is 0. The van der Waals surface area contributed by atoms with Gasteiger partial charge in [-0.15, -0.1) is 0 Å². The van der Waals surface area contributed by atoms with Crippen molar-refractivity contribution < 1.29 is 0 Å². The minimum Gasteiger partial charge on any atom is -0.357 e. The molecule has 0 bridgehead atoms. The predicted octanol–water partition coefficient (Wildman–Crippen LogP) is 3.03. The summed E-state index contributed by atoms with van der Waals surface area (Å²) in [6.07, 6.45) is 4.10. The van der Waals surface area contributed by atoms with Gasteiger partial charge in [-0.25, -0.2) is 9.67 Å². The summed E-state index contributed by atoms with van der Waals surface area (Å²) in [6.45, 7) is 11.2. The minimum absolute atomic E-state index is 0.628. The van der Waals surface area contributed by atoms with E-state index in [4.69, 9.17) is 4.99 Å². The maximum Gasteiger partial charge on any atom is 0.191 e. The van der Waals surface area contributed by atoms with Gasteiger partial charge in [0.15, 0.2) is 5.96 Å². The highest BCUT2D eigenvalue weighted by Crippen LogP contribution is 2.31. The van der Waals surface area contributed by atoms with Gasteiger partial charge in [-0.3, -0.25) is 0 Å². The van der Waals surface area contributed by atoms with E-state index in [2.05, 4.69) is 64.8 Å². The van der Waals surface area contributed by atoms with E-state index in [1.165, 1.54) is 37.9 Å². The molecule has 1 aliphatic heterocycles. The summed E-state index contributed by atoms with van der Waals surface area (Å²) in [5.41, 5.74) is 4.46. The van der Waals surface area contributed by atoms with Crippen molar-refractivity contribution in [3.05, 3.63) is 47.3 Å². The number of nitrogens with zero attached hydrogens (tertiary/aromatic N) is 4. The molecular formula is C23H34N6. The molecule has 1 aliphatic carbocycles. The van der Waals surface area contributed by atoms with Crippen LogP contribution in [0.15, 0.2) is 35.3 Å². The van der Waals surface area contributed by atoms with Crippen LogP contribution in [0, 0.1) is 19.8 Å². The number of aromatic nitrogens is 2. The molecule has 2 aromatic rings. The van der Waals surface area contributed by atoms with E-state index < -0.39 is 0 Å². The summed E-state index contributed by atoms with van der Waals surface area (Å²) in [7, 11) is 0. The van der Waals surface area contributed by atoms with Crippen LogP contribution in [-0.2, 0) is 6.54 Å². The van der Waals surface area contributed by atoms with Crippen molar-refractivity contribution >= 4 is 5.96 Å². The van der Waals surface area contributed by atoms with Crippen LogP contribution in [0.4, 0.5) is 0 Å². The van der Waals surface area contributed by atoms with E-state index in [0.29, 0.717) is 6.54 Å². The van der Waals surface area contributed by atoms with E-state index in [0.717, 1.165) is 48.1 Å². The average molecular weight is 395 g/mol. The first-order valence-electron chi connectivity index (χ1n) is 11.0. The molecule has 1 aromatic carbocycles. The second-order valence-corrected chi connectivity index (χ2v) is 8.42. The first-order chi connectivity index (χ1) is 14.1. The number of guanidine groups is 1. The number of nitrogens with one attached hydrogen (secondary N) is 2. The zero-order chi connectivity index (χ0) is 20.2. The monoisotopic (exact) mass is 394 g/mol. The molecule has 6 heteroatoms. The molecule has 2 aliphatic rings. The lowest BCUT2D eigenvalue weighted by Gasteiger charge is -2.17. The zero-order valence-electron chi connectivity index (χ0n) is 18.0. The van der Waals surface area contributed by atoms with Crippen molar-refractivity contribution in [2.75, 3.05) is 26.2 Å². The molecule has 1 unspecified atom stereocenters. The standard InChI is InChI=1S/C23H34N6/c1-4-24-23(25-14-19-11-12-28(16-19)21-9-10-21)26-15-20-7-5-6-8-22(20)29-18(3)13-17(2)27-29/h5-8,13,19,21H,4,9-12,14-16H2,1-3H3,(H2,24,25,26). The number of benzene rings is 1. The molecule has 1 saturated heterocycles. The van der Waals surface area contributed by atoms with Crippen molar-refractivity contribution in [1.29, 1.82) is 0 Å². The van der Waals surface area contributed by atoms with Gasteiger partial charge in [0.1, 0.15) is 0 Å². The van der Waals surface area contributed by atoms with Crippen molar-refractivity contribution in [3.8, 4) is 5.69 Å². The molecule has 0 amide bonds. The molecule has 2 fully saturated rings. The number of para-hydroxylation sites is 1. The molecule has 6 nitrogen and oxygen atoms in total. The number of aliphatic imine (C=N–C) groups is 1. The highest BCUT2D eigenvalue weighted by atomic mass is 15.3. The number of rotatable bonds is 7. The molecular weight excluding hydrogens is 360 g/mol. The van der Waals surface area contributed by atoms with Crippen LogP contribution in [0.2, 0.25) is 0 Å². The lowest BCUT2D eigenvalue weighted by molar-refractivity contribution is 0.314. The Labute approximate surface area is 174 Å². The molecule has 1 aromatic heterocycles. The van der Waals surface area contributed by atoms with E-state index in [-0.39, 0.29) is 0 Å². The molecule has 0 spiro atoms. The van der Waals surface area contributed by atoms with Crippen LogP contribution in [-0.4, -0.2) is 52.9 Å². The van der Waals surface area contributed by atoms with Gasteiger partial charge >= 0.3 is 0 Å². The smallest absolute Gasteiger partial charge is 0.191 e. The van der Waals surface area contributed by atoms with Crippen molar-refractivity contribution in [3.63, 3.8) is 0 Å². The predicted molar refractivity (Wildman–Crippen MR) is 119 cm³/mol. The van der Waals surface area contributed by atoms with Gasteiger partial charge < -0.3 is 15.5 Å². The maximum absolute atomic E-state index is 4.87. The van der Waals surface area contributed by atoms with E-state index >= 15 is 0 Å². The second-order valence-electron chi connectivity index (χ2n) is 8.42. The van der Waals surface area contributed by atoms with Crippen LogP contribution >= 0.6 is 0 Å². The number of likely N-dealkylation sites (tertiary alicyclic amines) is 1. The van der Waals surface area contributed by atoms with Gasteiger partial charge in [0.05, 0.1) is 17.9 Å². The Kier molecular flexibility index (Phi) is 6.19. The fourth-order valence-electron chi connectivity index (χ4n) is 4.27. The SMILES string of the molecule is CCNC(=NCc1ccccc1-n1nc(C)cc1C)NCC1CCN(C2CC2)C1. The lowest BCUT2D eigenvalue weighted by atomic mass is 10.1. The van der Waals surface area contributed by atoms with Crippen LogP contribution < -0.4 is 10.6 Å². The van der Waals surface area contributed by atoms with Crippen molar-refractivity contribution in [2.45, 2.75) is 52.6 Å². The quantitative estimate of drug-likeness (QED) is 0.560. The molecule has 2 N–H and O–H groups in total. The normalized spacial score (nSPS) is 20.2. The third-order valence-corrected chi connectivity index (χ3v) is 5.92. The molecule has 0 radical (unpaired) electrons. The minimum atomic E-state index is 0.628. The van der Waals surface area contributed by atoms with Crippen LogP contribution in [0.1, 0.15) is 43.1 Å². The Morgan fingerprint density at radius 3 is 2.72 bits per heavy atom. The number of hydrogen-bond donors (Lipinski definition) is 2. The average Bonchev–Trinajstić information content (AvgIpc) is 3.36. The first-order valence-corrected chi connectivity index (χ1v) is 11.0. The Morgan fingerprint density at radius 1 is 1.17 bits per heavy atom. The first kappa shape index (κ1) is 20.0. The van der Waals surface area contributed by atoms with Crippen molar-refractivity contribution in [2.24, 2.45) is 10.9 Å².